The van der Waals surface area contributed by atoms with Gasteiger partial charge in [0, 0.05) is 6.42 Å². The maximum atomic E-state index is 11.5. The minimum Gasteiger partial charge on any atom is -0.299 e. The van der Waals surface area contributed by atoms with Crippen LogP contribution in [0.3, 0.4) is 0 Å². The number of hydrogen-bond acceptors (Lipinski definition) is 1. The zero-order chi connectivity index (χ0) is 11.4. The Hall–Kier alpha value is -0.553. The minimum absolute atomic E-state index is 0.0952. The Bertz CT molecular complexity index is 255. The number of hydrogen-bond donors (Lipinski definition) is 0. The number of carbonyl (C=O) groups is 1. The lowest BCUT2D eigenvalue weighted by Crippen LogP contribution is -2.17. The lowest BCUT2D eigenvalue weighted by atomic mass is 9.89. The predicted octanol–water partition coefficient (Wildman–Crippen LogP) is 3.26. The highest BCUT2D eigenvalue weighted by Gasteiger charge is 2.15. The quantitative estimate of drug-likeness (QED) is 0.505. The van der Waals surface area contributed by atoms with Gasteiger partial charge in [-0.25, -0.2) is 0 Å². The highest BCUT2D eigenvalue weighted by molar-refractivity contribution is 6.83. The summed E-state index contributed by atoms with van der Waals surface area (Å²) in [5, 5.41) is 0. The van der Waals surface area contributed by atoms with Crippen molar-refractivity contribution in [1.82, 2.24) is 0 Å². The van der Waals surface area contributed by atoms with Crippen LogP contribution >= 0.6 is 0 Å². The second kappa shape index (κ2) is 4.79. The van der Waals surface area contributed by atoms with Gasteiger partial charge in [-0.3, -0.25) is 4.79 Å². The van der Waals surface area contributed by atoms with Crippen LogP contribution in [0.25, 0.3) is 0 Å². The molecule has 0 heterocycles. The molecule has 0 unspecified atom stereocenters. The largest absolute Gasteiger partial charge is 0.299 e. The fraction of sp³-hybridized carbons (Fsp3) is 0.750. The van der Waals surface area contributed by atoms with Crippen molar-refractivity contribution in [2.75, 3.05) is 0 Å². The molecule has 0 N–H and O–H groups in total. The van der Waals surface area contributed by atoms with E-state index in [1.807, 2.05) is 0 Å². The molecule has 0 bridgehead atoms. The molecule has 0 rings (SSSR count). The molecule has 0 aromatic heterocycles. The molecule has 80 valence electrons. The van der Waals surface area contributed by atoms with Crippen LogP contribution in [0.4, 0.5) is 0 Å². The van der Waals surface area contributed by atoms with E-state index >= 15 is 0 Å². The van der Waals surface area contributed by atoms with Gasteiger partial charge in [-0.2, -0.15) is 0 Å². The average molecular weight is 210 g/mol. The van der Waals surface area contributed by atoms with Crippen molar-refractivity contribution < 1.29 is 4.79 Å². The highest BCUT2D eigenvalue weighted by Crippen LogP contribution is 2.19. The SMILES string of the molecule is CC(C)(C)CC(=O)CC#C[Si](C)(C)C. The lowest BCUT2D eigenvalue weighted by molar-refractivity contribution is -0.119. The fourth-order valence-electron chi connectivity index (χ4n) is 1.06. The first-order chi connectivity index (χ1) is 6.10. The highest BCUT2D eigenvalue weighted by atomic mass is 28.3. The van der Waals surface area contributed by atoms with Crippen molar-refractivity contribution in [2.45, 2.75) is 53.3 Å². The van der Waals surface area contributed by atoms with Crippen LogP contribution in [-0.2, 0) is 4.79 Å². The standard InChI is InChI=1S/C12H22OSi/c1-12(2,3)10-11(13)8-7-9-14(4,5)6/h8,10H2,1-6H3. The van der Waals surface area contributed by atoms with Gasteiger partial charge in [0.25, 0.3) is 0 Å². The maximum absolute atomic E-state index is 11.5. The normalized spacial score (nSPS) is 11.9. The Morgan fingerprint density at radius 2 is 1.71 bits per heavy atom. The molecule has 0 amide bonds. The summed E-state index contributed by atoms with van der Waals surface area (Å²) in [6.45, 7) is 12.8. The monoisotopic (exact) mass is 210 g/mol. The van der Waals surface area contributed by atoms with Gasteiger partial charge >= 0.3 is 0 Å². The molecule has 0 spiro atoms. The van der Waals surface area contributed by atoms with E-state index in [0.29, 0.717) is 12.8 Å². The first kappa shape index (κ1) is 13.4. The molecule has 0 aromatic rings. The summed E-state index contributed by atoms with van der Waals surface area (Å²) in [6, 6.07) is 0. The van der Waals surface area contributed by atoms with E-state index in [1.54, 1.807) is 0 Å². The molecule has 1 nitrogen and oxygen atoms in total. The molecule has 0 radical (unpaired) electrons. The summed E-state index contributed by atoms with van der Waals surface area (Å²) in [5.74, 6) is 3.28. The van der Waals surface area contributed by atoms with E-state index < -0.39 is 8.07 Å². The van der Waals surface area contributed by atoms with Gasteiger partial charge in [0.05, 0.1) is 6.42 Å². The molecular weight excluding hydrogens is 188 g/mol. The zero-order valence-corrected chi connectivity index (χ0v) is 11.3. The summed E-state index contributed by atoms with van der Waals surface area (Å²) in [4.78, 5) is 11.5. The molecule has 2 heteroatoms. The molecule has 0 atom stereocenters. The Morgan fingerprint density at radius 3 is 2.07 bits per heavy atom. The second-order valence-electron chi connectivity index (χ2n) is 6.00. The molecule has 0 aliphatic carbocycles. The third-order valence-corrected chi connectivity index (χ3v) is 2.40. The number of ketones is 1. The van der Waals surface area contributed by atoms with Gasteiger partial charge < -0.3 is 0 Å². The van der Waals surface area contributed by atoms with E-state index in [4.69, 9.17) is 0 Å². The van der Waals surface area contributed by atoms with Crippen LogP contribution < -0.4 is 0 Å². The minimum atomic E-state index is -1.30. The van der Waals surface area contributed by atoms with Crippen LogP contribution in [0.5, 0.6) is 0 Å². The molecule has 0 aliphatic heterocycles. The zero-order valence-electron chi connectivity index (χ0n) is 10.3. The smallest absolute Gasteiger partial charge is 0.145 e. The number of Topliss-reactive ketones (excluding diaryl/α,β-unsaturated/α-hetero) is 1. The molecule has 0 saturated carbocycles. The Labute approximate surface area is 89.3 Å². The Kier molecular flexibility index (Phi) is 4.60. The third kappa shape index (κ3) is 9.53. The summed E-state index contributed by atoms with van der Waals surface area (Å²) < 4.78 is 0. The van der Waals surface area contributed by atoms with Gasteiger partial charge in [-0.1, -0.05) is 40.4 Å². The topological polar surface area (TPSA) is 17.1 Å². The molecule has 0 aromatic carbocycles. The van der Waals surface area contributed by atoms with Gasteiger partial charge in [-0.05, 0) is 5.41 Å². The van der Waals surface area contributed by atoms with Crippen molar-refractivity contribution in [3.63, 3.8) is 0 Å². The first-order valence-electron chi connectivity index (χ1n) is 5.12. The van der Waals surface area contributed by atoms with E-state index in [2.05, 4.69) is 51.9 Å². The number of rotatable bonds is 2. The van der Waals surface area contributed by atoms with E-state index in [0.717, 1.165) is 0 Å². The maximum Gasteiger partial charge on any atom is 0.145 e. The fourth-order valence-corrected chi connectivity index (χ4v) is 1.68. The van der Waals surface area contributed by atoms with Gasteiger partial charge in [-0.15, -0.1) is 11.5 Å². The molecule has 14 heavy (non-hydrogen) atoms. The first-order valence-corrected chi connectivity index (χ1v) is 8.62. The molecular formula is C12H22OSi. The van der Waals surface area contributed by atoms with E-state index in [9.17, 15) is 4.79 Å². The van der Waals surface area contributed by atoms with Crippen LogP contribution in [0, 0.1) is 16.9 Å². The predicted molar refractivity (Wildman–Crippen MR) is 64.8 cm³/mol. The van der Waals surface area contributed by atoms with Crippen LogP contribution in [-0.4, -0.2) is 13.9 Å². The van der Waals surface area contributed by atoms with Crippen molar-refractivity contribution in [2.24, 2.45) is 5.41 Å². The van der Waals surface area contributed by atoms with Crippen molar-refractivity contribution in [1.29, 1.82) is 0 Å². The van der Waals surface area contributed by atoms with Crippen molar-refractivity contribution >= 4 is 13.9 Å². The van der Waals surface area contributed by atoms with Gasteiger partial charge in [0.1, 0.15) is 13.9 Å². The van der Waals surface area contributed by atoms with Crippen molar-refractivity contribution in [3.05, 3.63) is 0 Å². The summed E-state index contributed by atoms with van der Waals surface area (Å²) >= 11 is 0. The van der Waals surface area contributed by atoms with Gasteiger partial charge in [0.15, 0.2) is 0 Å². The summed E-state index contributed by atoms with van der Waals surface area (Å²) in [7, 11) is -1.30. The van der Waals surface area contributed by atoms with E-state index in [1.165, 1.54) is 0 Å². The Morgan fingerprint density at radius 1 is 1.21 bits per heavy atom. The summed E-state index contributed by atoms with van der Waals surface area (Å²) in [6.07, 6.45) is 1.06. The summed E-state index contributed by atoms with van der Waals surface area (Å²) in [5.41, 5.74) is 3.30. The van der Waals surface area contributed by atoms with Crippen LogP contribution in [0.2, 0.25) is 19.6 Å². The molecule has 0 saturated heterocycles. The van der Waals surface area contributed by atoms with Crippen molar-refractivity contribution in [3.8, 4) is 11.5 Å². The molecule has 0 aliphatic rings. The second-order valence-corrected chi connectivity index (χ2v) is 10.8. The third-order valence-electron chi connectivity index (χ3n) is 1.48. The van der Waals surface area contributed by atoms with Gasteiger partial charge in [0.2, 0.25) is 0 Å². The average Bonchev–Trinajstić information content (AvgIpc) is 1.78. The Balaban J connectivity index is 4.03. The van der Waals surface area contributed by atoms with Crippen LogP contribution in [0.1, 0.15) is 33.6 Å². The molecule has 0 fully saturated rings. The number of carbonyl (C=O) groups excluding carboxylic acids is 1. The van der Waals surface area contributed by atoms with E-state index in [-0.39, 0.29) is 11.2 Å². The van der Waals surface area contributed by atoms with Crippen LogP contribution in [0.15, 0.2) is 0 Å². The lowest BCUT2D eigenvalue weighted by Gasteiger charge is -2.15.